The van der Waals surface area contributed by atoms with Gasteiger partial charge in [-0.15, -0.1) is 0 Å². The molecule has 0 aliphatic rings. The summed E-state index contributed by atoms with van der Waals surface area (Å²) in [5.41, 5.74) is -1.23. The summed E-state index contributed by atoms with van der Waals surface area (Å²) in [6.45, 7) is 0. The maximum absolute atomic E-state index is 11.4. The molecule has 4 N–H and O–H groups in total. The highest BCUT2D eigenvalue weighted by atomic mass is 32.2. The Morgan fingerprint density at radius 2 is 1.70 bits per heavy atom. The summed E-state index contributed by atoms with van der Waals surface area (Å²) < 4.78 is 63.6. The van der Waals surface area contributed by atoms with E-state index in [4.69, 9.17) is 9.66 Å². The zero-order valence-corrected chi connectivity index (χ0v) is 12.5. The SMILES string of the molecule is O=C(O)c1nn(-c2ccc(S(=O)(=O)O)cc2S(=O)(=O)O)cc1O. The van der Waals surface area contributed by atoms with E-state index < -0.39 is 53.1 Å². The van der Waals surface area contributed by atoms with Gasteiger partial charge in [-0.05, 0) is 18.2 Å². The highest BCUT2D eigenvalue weighted by Crippen LogP contribution is 2.26. The minimum absolute atomic E-state index is 0.442. The summed E-state index contributed by atoms with van der Waals surface area (Å²) in [7, 11) is -9.70. The van der Waals surface area contributed by atoms with Crippen LogP contribution >= 0.6 is 0 Å². The summed E-state index contributed by atoms with van der Waals surface area (Å²) in [6.07, 6.45) is 0.751. The Hall–Kier alpha value is -2.48. The van der Waals surface area contributed by atoms with E-state index >= 15 is 0 Å². The molecule has 0 spiro atoms. The summed E-state index contributed by atoms with van der Waals surface area (Å²) >= 11 is 0. The molecule has 13 heteroatoms. The van der Waals surface area contributed by atoms with Crippen LogP contribution in [0.3, 0.4) is 0 Å². The van der Waals surface area contributed by atoms with Gasteiger partial charge in [0.05, 0.1) is 16.8 Å². The standard InChI is InChI=1S/C10H8N2O9S2/c13-7-4-12(11-9(7)10(14)15)6-2-1-5(22(16,17)18)3-8(6)23(19,20)21/h1-4,13H,(H,14,15)(H,16,17,18)(H,19,20,21). The molecule has 0 aliphatic carbocycles. The van der Waals surface area contributed by atoms with Crippen LogP contribution in [0.4, 0.5) is 0 Å². The lowest BCUT2D eigenvalue weighted by atomic mass is 10.3. The fraction of sp³-hybridized carbons (Fsp3) is 0. The van der Waals surface area contributed by atoms with Crippen LogP contribution in [-0.2, 0) is 20.2 Å². The fourth-order valence-electron chi connectivity index (χ4n) is 1.69. The number of rotatable bonds is 4. The molecular weight excluding hydrogens is 356 g/mol. The van der Waals surface area contributed by atoms with E-state index in [0.29, 0.717) is 10.7 Å². The Labute approximate surface area is 128 Å². The molecule has 0 saturated carbocycles. The molecule has 11 nitrogen and oxygen atoms in total. The van der Waals surface area contributed by atoms with Crippen molar-refractivity contribution in [2.24, 2.45) is 0 Å². The molecule has 2 rings (SSSR count). The molecule has 124 valence electrons. The van der Waals surface area contributed by atoms with Crippen molar-refractivity contribution in [3.8, 4) is 11.4 Å². The van der Waals surface area contributed by atoms with Gasteiger partial charge in [-0.25, -0.2) is 9.48 Å². The smallest absolute Gasteiger partial charge is 0.360 e. The maximum Gasteiger partial charge on any atom is 0.360 e. The van der Waals surface area contributed by atoms with Gasteiger partial charge < -0.3 is 10.2 Å². The fourth-order valence-corrected chi connectivity index (χ4v) is 2.97. The average molecular weight is 364 g/mol. The van der Waals surface area contributed by atoms with E-state index in [1.807, 2.05) is 0 Å². The third kappa shape index (κ3) is 3.31. The molecule has 2 aromatic rings. The van der Waals surface area contributed by atoms with Crippen molar-refractivity contribution >= 4 is 26.2 Å². The van der Waals surface area contributed by atoms with Crippen molar-refractivity contribution < 1.29 is 40.9 Å². The third-order valence-electron chi connectivity index (χ3n) is 2.65. The molecule has 0 fully saturated rings. The number of carbonyl (C=O) groups is 1. The monoisotopic (exact) mass is 364 g/mol. The van der Waals surface area contributed by atoms with Gasteiger partial charge in [0.1, 0.15) is 4.90 Å². The number of aromatic hydroxyl groups is 1. The first kappa shape index (κ1) is 16.9. The van der Waals surface area contributed by atoms with Crippen LogP contribution < -0.4 is 0 Å². The van der Waals surface area contributed by atoms with Gasteiger partial charge in [-0.2, -0.15) is 21.9 Å². The van der Waals surface area contributed by atoms with E-state index in [1.165, 1.54) is 0 Å². The number of carboxylic acid groups (broad SMARTS) is 1. The Kier molecular flexibility index (Phi) is 3.90. The van der Waals surface area contributed by atoms with E-state index in [9.17, 15) is 31.3 Å². The first-order valence-electron chi connectivity index (χ1n) is 5.52. The van der Waals surface area contributed by atoms with Crippen molar-refractivity contribution in [3.05, 3.63) is 30.1 Å². The minimum atomic E-state index is -4.95. The van der Waals surface area contributed by atoms with Gasteiger partial charge in [0.25, 0.3) is 20.2 Å². The Balaban J connectivity index is 2.78. The molecule has 1 heterocycles. The second-order valence-electron chi connectivity index (χ2n) is 4.19. The van der Waals surface area contributed by atoms with Crippen LogP contribution in [0.1, 0.15) is 10.5 Å². The summed E-state index contributed by atoms with van der Waals surface area (Å²) in [5.74, 6) is -2.37. The predicted molar refractivity (Wildman–Crippen MR) is 71.8 cm³/mol. The van der Waals surface area contributed by atoms with E-state index in [-0.39, 0.29) is 0 Å². The number of carboxylic acids is 1. The summed E-state index contributed by atoms with van der Waals surface area (Å²) in [4.78, 5) is 9.04. The molecule has 0 atom stereocenters. The number of hydrogen-bond donors (Lipinski definition) is 4. The Bertz CT molecular complexity index is 1000. The lowest BCUT2D eigenvalue weighted by molar-refractivity contribution is 0.0687. The van der Waals surface area contributed by atoms with Gasteiger partial charge in [0.15, 0.2) is 5.75 Å². The summed E-state index contributed by atoms with van der Waals surface area (Å²) in [6, 6.07) is 2.11. The number of hydrogen-bond acceptors (Lipinski definition) is 7. The van der Waals surface area contributed by atoms with Crippen LogP contribution in [0, 0.1) is 0 Å². The Morgan fingerprint density at radius 3 is 2.13 bits per heavy atom. The second-order valence-corrected chi connectivity index (χ2v) is 7.00. The number of aromatic nitrogens is 2. The number of aromatic carboxylic acids is 1. The van der Waals surface area contributed by atoms with Crippen molar-refractivity contribution in [1.82, 2.24) is 9.78 Å². The van der Waals surface area contributed by atoms with Crippen LogP contribution in [0.15, 0.2) is 34.2 Å². The molecule has 0 bridgehead atoms. The first-order chi connectivity index (χ1) is 10.4. The zero-order chi connectivity index (χ0) is 17.6. The molecule has 0 aliphatic heterocycles. The normalized spacial score (nSPS) is 12.3. The lowest BCUT2D eigenvalue weighted by Crippen LogP contribution is -2.09. The molecule has 0 unspecified atom stereocenters. The highest BCUT2D eigenvalue weighted by molar-refractivity contribution is 7.86. The molecule has 0 saturated heterocycles. The largest absolute Gasteiger partial charge is 0.504 e. The number of nitrogens with zero attached hydrogens (tertiary/aromatic N) is 2. The zero-order valence-electron chi connectivity index (χ0n) is 10.9. The van der Waals surface area contributed by atoms with Crippen molar-refractivity contribution in [2.75, 3.05) is 0 Å². The molecular formula is C10H8N2O9S2. The van der Waals surface area contributed by atoms with Crippen LogP contribution in [-0.4, -0.2) is 51.9 Å². The van der Waals surface area contributed by atoms with Gasteiger partial charge in [-0.1, -0.05) is 0 Å². The van der Waals surface area contributed by atoms with Gasteiger partial charge >= 0.3 is 5.97 Å². The quantitative estimate of drug-likeness (QED) is 0.528. The first-order valence-corrected chi connectivity index (χ1v) is 8.40. The van der Waals surface area contributed by atoms with E-state index in [2.05, 4.69) is 5.10 Å². The number of benzene rings is 1. The molecule has 0 amide bonds. The average Bonchev–Trinajstić information content (AvgIpc) is 2.78. The van der Waals surface area contributed by atoms with Crippen molar-refractivity contribution in [1.29, 1.82) is 0 Å². The topological polar surface area (TPSA) is 184 Å². The van der Waals surface area contributed by atoms with Gasteiger partial charge in [0, 0.05) is 0 Å². The Morgan fingerprint density at radius 1 is 1.09 bits per heavy atom. The highest BCUT2D eigenvalue weighted by Gasteiger charge is 2.24. The lowest BCUT2D eigenvalue weighted by Gasteiger charge is -2.08. The van der Waals surface area contributed by atoms with Crippen LogP contribution in [0.25, 0.3) is 5.69 Å². The van der Waals surface area contributed by atoms with Crippen LogP contribution in [0.5, 0.6) is 5.75 Å². The molecule has 1 aromatic heterocycles. The van der Waals surface area contributed by atoms with E-state index in [1.54, 1.807) is 0 Å². The minimum Gasteiger partial charge on any atom is -0.504 e. The van der Waals surface area contributed by atoms with Gasteiger partial charge in [-0.3, -0.25) is 9.11 Å². The second kappa shape index (κ2) is 5.31. The van der Waals surface area contributed by atoms with Crippen molar-refractivity contribution in [2.45, 2.75) is 9.79 Å². The van der Waals surface area contributed by atoms with Crippen LogP contribution in [0.2, 0.25) is 0 Å². The molecule has 23 heavy (non-hydrogen) atoms. The predicted octanol–water partition coefficient (Wildman–Crippen LogP) is -0.230. The van der Waals surface area contributed by atoms with Crippen molar-refractivity contribution in [3.63, 3.8) is 0 Å². The molecule has 0 radical (unpaired) electrons. The van der Waals surface area contributed by atoms with E-state index in [0.717, 1.165) is 18.3 Å². The molecule has 1 aromatic carbocycles. The third-order valence-corrected chi connectivity index (χ3v) is 4.38. The van der Waals surface area contributed by atoms with Gasteiger partial charge in [0.2, 0.25) is 5.69 Å². The maximum atomic E-state index is 11.4. The summed E-state index contributed by atoms with van der Waals surface area (Å²) in [5, 5.41) is 21.6.